The van der Waals surface area contributed by atoms with Gasteiger partial charge in [0.15, 0.2) is 0 Å². The zero-order valence-corrected chi connectivity index (χ0v) is 9.93. The Morgan fingerprint density at radius 3 is 3.00 bits per heavy atom. The number of nitrogens with zero attached hydrogens (tertiary/aromatic N) is 1. The minimum Gasteiger partial charge on any atom is -0.453 e. The fraction of sp³-hybridized carbons (Fsp3) is 0.167. The highest BCUT2D eigenvalue weighted by molar-refractivity contribution is 5.85. The molecule has 1 aromatic heterocycles. The highest BCUT2D eigenvalue weighted by atomic mass is 16.5. The van der Waals surface area contributed by atoms with Gasteiger partial charge in [-0.2, -0.15) is 0 Å². The average Bonchev–Trinajstić information content (AvgIpc) is 2.90. The maximum atomic E-state index is 11.1. The monoisotopic (exact) mass is 246 g/mol. The van der Waals surface area contributed by atoms with Crippen molar-refractivity contribution in [2.45, 2.75) is 6.54 Å². The zero-order valence-electron chi connectivity index (χ0n) is 9.93. The van der Waals surface area contributed by atoms with Crippen molar-refractivity contribution in [2.75, 3.05) is 17.7 Å². The van der Waals surface area contributed by atoms with Gasteiger partial charge in [-0.25, -0.2) is 9.78 Å². The molecule has 18 heavy (non-hydrogen) atoms. The van der Waals surface area contributed by atoms with Gasteiger partial charge in [-0.3, -0.25) is 5.32 Å². The van der Waals surface area contributed by atoms with Crippen LogP contribution in [0.2, 0.25) is 0 Å². The quantitative estimate of drug-likeness (QED) is 0.772. The predicted octanol–water partition coefficient (Wildman–Crippen LogP) is 2.20. The van der Waals surface area contributed by atoms with E-state index < -0.39 is 6.09 Å². The van der Waals surface area contributed by atoms with Gasteiger partial charge in [-0.15, -0.1) is 0 Å². The van der Waals surface area contributed by atoms with E-state index in [9.17, 15) is 4.79 Å². The van der Waals surface area contributed by atoms with E-state index >= 15 is 0 Å². The van der Waals surface area contributed by atoms with Gasteiger partial charge >= 0.3 is 6.09 Å². The normalized spacial score (nSPS) is 9.83. The molecular weight excluding hydrogens is 232 g/mol. The van der Waals surface area contributed by atoms with Gasteiger partial charge in [0.05, 0.1) is 25.7 Å². The number of methoxy groups -OCH3 is 1. The number of ether oxygens (including phenoxy) is 1. The third-order valence-electron chi connectivity index (χ3n) is 2.33. The molecule has 2 rings (SSSR count). The van der Waals surface area contributed by atoms with E-state index in [2.05, 4.69) is 25.3 Å². The van der Waals surface area contributed by atoms with Crippen molar-refractivity contribution >= 4 is 17.5 Å². The Balaban J connectivity index is 1.96. The second-order valence-corrected chi connectivity index (χ2v) is 3.63. The molecule has 3 N–H and O–H groups in total. The lowest BCUT2D eigenvalue weighted by Gasteiger charge is -2.08. The first-order valence-corrected chi connectivity index (χ1v) is 5.44. The molecule has 0 bridgehead atoms. The smallest absolute Gasteiger partial charge is 0.411 e. The lowest BCUT2D eigenvalue weighted by molar-refractivity contribution is 0.187. The van der Waals surface area contributed by atoms with Gasteiger partial charge in [0.2, 0.25) is 0 Å². The van der Waals surface area contributed by atoms with Crippen LogP contribution in [0.1, 0.15) is 5.69 Å². The SMILES string of the molecule is COC(=O)Nc1cccc(NCc2cnc[nH]2)c1. The highest BCUT2D eigenvalue weighted by Crippen LogP contribution is 2.15. The van der Waals surface area contributed by atoms with Gasteiger partial charge in [-0.1, -0.05) is 6.07 Å². The highest BCUT2D eigenvalue weighted by Gasteiger charge is 2.01. The summed E-state index contributed by atoms with van der Waals surface area (Å²) in [7, 11) is 1.33. The summed E-state index contributed by atoms with van der Waals surface area (Å²) < 4.78 is 4.53. The van der Waals surface area contributed by atoms with Crippen LogP contribution in [0.4, 0.5) is 16.2 Å². The standard InChI is InChI=1S/C12H14N4O2/c1-18-12(17)16-10-4-2-3-9(5-10)14-7-11-6-13-8-15-11/h2-6,8,14H,7H2,1H3,(H,13,15)(H,16,17). The largest absolute Gasteiger partial charge is 0.453 e. The number of aromatic amines is 1. The molecule has 0 aliphatic carbocycles. The lowest BCUT2D eigenvalue weighted by Crippen LogP contribution is -2.11. The fourth-order valence-corrected chi connectivity index (χ4v) is 1.45. The predicted molar refractivity (Wildman–Crippen MR) is 68.4 cm³/mol. The Labute approximate surface area is 104 Å². The number of nitrogens with one attached hydrogen (secondary N) is 3. The molecule has 0 saturated heterocycles. The lowest BCUT2D eigenvalue weighted by atomic mass is 10.2. The summed E-state index contributed by atoms with van der Waals surface area (Å²) in [4.78, 5) is 18.0. The number of carbonyl (C=O) groups excluding carboxylic acids is 1. The molecule has 1 heterocycles. The van der Waals surface area contributed by atoms with Crippen molar-refractivity contribution in [3.8, 4) is 0 Å². The number of imidazole rings is 1. The number of benzene rings is 1. The third-order valence-corrected chi connectivity index (χ3v) is 2.33. The molecule has 2 aromatic rings. The van der Waals surface area contributed by atoms with Crippen molar-refractivity contribution in [1.82, 2.24) is 9.97 Å². The Morgan fingerprint density at radius 1 is 1.44 bits per heavy atom. The van der Waals surface area contributed by atoms with E-state index in [0.29, 0.717) is 12.2 Å². The summed E-state index contributed by atoms with van der Waals surface area (Å²) in [6, 6.07) is 7.38. The van der Waals surface area contributed by atoms with Gasteiger partial charge in [-0.05, 0) is 18.2 Å². The maximum Gasteiger partial charge on any atom is 0.411 e. The molecule has 0 aliphatic rings. The van der Waals surface area contributed by atoms with Crippen molar-refractivity contribution in [2.24, 2.45) is 0 Å². The third kappa shape index (κ3) is 3.24. The Morgan fingerprint density at radius 2 is 2.28 bits per heavy atom. The first-order valence-electron chi connectivity index (χ1n) is 5.44. The van der Waals surface area contributed by atoms with Crippen LogP contribution < -0.4 is 10.6 Å². The van der Waals surface area contributed by atoms with E-state index in [1.165, 1.54) is 7.11 Å². The van der Waals surface area contributed by atoms with Crippen molar-refractivity contribution in [3.05, 3.63) is 42.5 Å². The van der Waals surface area contributed by atoms with Crippen LogP contribution >= 0.6 is 0 Å². The Bertz CT molecular complexity index is 511. The molecule has 0 unspecified atom stereocenters. The molecule has 1 aromatic carbocycles. The van der Waals surface area contributed by atoms with Crippen LogP contribution in [0.15, 0.2) is 36.8 Å². The Hall–Kier alpha value is -2.50. The molecule has 0 atom stereocenters. The number of rotatable bonds is 4. The van der Waals surface area contributed by atoms with Crippen LogP contribution in [-0.4, -0.2) is 23.2 Å². The number of aromatic nitrogens is 2. The summed E-state index contributed by atoms with van der Waals surface area (Å²) in [6.45, 7) is 0.641. The number of carbonyl (C=O) groups is 1. The first kappa shape index (κ1) is 12.0. The fourth-order valence-electron chi connectivity index (χ4n) is 1.45. The molecule has 1 amide bonds. The minimum absolute atomic E-state index is 0.485. The topological polar surface area (TPSA) is 79.0 Å². The number of hydrogen-bond acceptors (Lipinski definition) is 4. The van der Waals surface area contributed by atoms with Gasteiger partial charge in [0.25, 0.3) is 0 Å². The average molecular weight is 246 g/mol. The van der Waals surface area contributed by atoms with E-state index in [1.807, 2.05) is 18.2 Å². The molecule has 6 nitrogen and oxygen atoms in total. The summed E-state index contributed by atoms with van der Waals surface area (Å²) in [6.07, 6.45) is 2.90. The van der Waals surface area contributed by atoms with E-state index in [4.69, 9.17) is 0 Å². The second kappa shape index (κ2) is 5.72. The van der Waals surface area contributed by atoms with E-state index in [-0.39, 0.29) is 0 Å². The van der Waals surface area contributed by atoms with Gasteiger partial charge in [0, 0.05) is 17.6 Å². The maximum absolute atomic E-state index is 11.1. The van der Waals surface area contributed by atoms with Crippen LogP contribution in [0.3, 0.4) is 0 Å². The van der Waals surface area contributed by atoms with Crippen LogP contribution in [-0.2, 0) is 11.3 Å². The molecule has 0 radical (unpaired) electrons. The number of H-pyrrole nitrogens is 1. The van der Waals surface area contributed by atoms with Crippen molar-refractivity contribution < 1.29 is 9.53 Å². The van der Waals surface area contributed by atoms with Crippen LogP contribution in [0, 0.1) is 0 Å². The Kier molecular flexibility index (Phi) is 3.80. The number of hydrogen-bond donors (Lipinski definition) is 3. The molecule has 94 valence electrons. The van der Waals surface area contributed by atoms with E-state index in [0.717, 1.165) is 11.4 Å². The number of anilines is 2. The summed E-state index contributed by atoms with van der Waals surface area (Å²) in [5.41, 5.74) is 2.57. The minimum atomic E-state index is -0.485. The summed E-state index contributed by atoms with van der Waals surface area (Å²) in [5.74, 6) is 0. The van der Waals surface area contributed by atoms with Crippen molar-refractivity contribution in [1.29, 1.82) is 0 Å². The molecule has 0 saturated carbocycles. The van der Waals surface area contributed by atoms with Gasteiger partial charge in [0.1, 0.15) is 0 Å². The first-order chi connectivity index (χ1) is 8.78. The molecule has 0 spiro atoms. The number of amides is 1. The summed E-state index contributed by atoms with van der Waals surface area (Å²) >= 11 is 0. The van der Waals surface area contributed by atoms with Crippen molar-refractivity contribution in [3.63, 3.8) is 0 Å². The van der Waals surface area contributed by atoms with Crippen LogP contribution in [0.5, 0.6) is 0 Å². The summed E-state index contributed by atoms with van der Waals surface area (Å²) in [5, 5.41) is 5.82. The second-order valence-electron chi connectivity index (χ2n) is 3.63. The molecule has 6 heteroatoms. The molecule has 0 aliphatic heterocycles. The molecular formula is C12H14N4O2. The van der Waals surface area contributed by atoms with Gasteiger partial charge < -0.3 is 15.0 Å². The van der Waals surface area contributed by atoms with Crippen LogP contribution in [0.25, 0.3) is 0 Å². The van der Waals surface area contributed by atoms with E-state index in [1.54, 1.807) is 18.6 Å². The molecule has 0 fully saturated rings. The zero-order chi connectivity index (χ0) is 12.8.